The van der Waals surface area contributed by atoms with E-state index in [0.717, 1.165) is 44.8 Å². The normalized spacial score (nSPS) is 23.1. The molecule has 2 aliphatic rings. The van der Waals surface area contributed by atoms with Gasteiger partial charge in [0.25, 0.3) is 0 Å². The zero-order valence-electron chi connectivity index (χ0n) is 16.2. The Kier molecular flexibility index (Phi) is 5.26. The molecule has 1 aromatic carbocycles. The van der Waals surface area contributed by atoms with Crippen molar-refractivity contribution >= 4 is 5.91 Å². The van der Waals surface area contributed by atoms with E-state index < -0.39 is 0 Å². The van der Waals surface area contributed by atoms with Gasteiger partial charge < -0.3 is 4.90 Å². The van der Waals surface area contributed by atoms with E-state index in [9.17, 15) is 4.79 Å². The number of fused-ring (bicyclic) bond motifs is 1. The first kappa shape index (κ1) is 18.2. The number of carbonyl (C=O) groups excluding carboxylic acids is 1. The molecule has 0 saturated carbocycles. The minimum absolute atomic E-state index is 0.143. The van der Waals surface area contributed by atoms with E-state index in [0.29, 0.717) is 6.42 Å². The van der Waals surface area contributed by atoms with Crippen molar-refractivity contribution in [1.29, 1.82) is 0 Å². The summed E-state index contributed by atoms with van der Waals surface area (Å²) < 4.78 is 0. The van der Waals surface area contributed by atoms with Gasteiger partial charge in [-0.05, 0) is 49.1 Å². The number of aromatic nitrogens is 1. The number of pyridine rings is 1. The lowest BCUT2D eigenvalue weighted by atomic mass is 9.74. The number of amides is 1. The Bertz CT molecular complexity index is 791. The summed E-state index contributed by atoms with van der Waals surface area (Å²) in [6, 6.07) is 14.8. The summed E-state index contributed by atoms with van der Waals surface area (Å²) in [7, 11) is 0. The average Bonchev–Trinajstić information content (AvgIpc) is 2.84. The summed E-state index contributed by atoms with van der Waals surface area (Å²) in [6.07, 6.45) is 5.89. The van der Waals surface area contributed by atoms with Crippen LogP contribution >= 0.6 is 0 Å². The van der Waals surface area contributed by atoms with Crippen LogP contribution in [0.1, 0.15) is 43.0 Å². The zero-order chi connectivity index (χ0) is 18.7. The molecule has 142 valence electrons. The topological polar surface area (TPSA) is 36.4 Å². The lowest BCUT2D eigenvalue weighted by molar-refractivity contribution is -0.133. The van der Waals surface area contributed by atoms with E-state index >= 15 is 0 Å². The molecule has 0 bridgehead atoms. The van der Waals surface area contributed by atoms with E-state index in [1.165, 1.54) is 24.0 Å². The molecule has 1 fully saturated rings. The average molecular weight is 364 g/mol. The van der Waals surface area contributed by atoms with Gasteiger partial charge >= 0.3 is 0 Å². The minimum atomic E-state index is 0.143. The molecular weight excluding hydrogens is 334 g/mol. The van der Waals surface area contributed by atoms with E-state index in [1.807, 2.05) is 19.2 Å². The van der Waals surface area contributed by atoms with Crippen LogP contribution in [0.4, 0.5) is 0 Å². The van der Waals surface area contributed by atoms with Crippen molar-refractivity contribution < 1.29 is 4.79 Å². The van der Waals surface area contributed by atoms with Crippen molar-refractivity contribution in [2.24, 2.45) is 5.41 Å². The molecule has 1 aromatic heterocycles. The lowest BCUT2D eigenvalue weighted by Crippen LogP contribution is -2.50. The number of nitrogens with zero attached hydrogens (tertiary/aromatic N) is 3. The van der Waals surface area contributed by atoms with Gasteiger partial charge in [-0.1, -0.05) is 37.3 Å². The van der Waals surface area contributed by atoms with Crippen LogP contribution in [0.3, 0.4) is 0 Å². The molecule has 2 aromatic rings. The van der Waals surface area contributed by atoms with Gasteiger partial charge in [0.1, 0.15) is 0 Å². The molecule has 4 rings (SSSR count). The first-order chi connectivity index (χ1) is 13.2. The molecular formula is C23H29N3O. The molecule has 1 amide bonds. The first-order valence-electron chi connectivity index (χ1n) is 10.1. The third-order valence-electron chi connectivity index (χ3n) is 6.08. The Morgan fingerprint density at radius 2 is 1.93 bits per heavy atom. The van der Waals surface area contributed by atoms with E-state index in [4.69, 9.17) is 0 Å². The third kappa shape index (κ3) is 4.06. The van der Waals surface area contributed by atoms with Crippen LogP contribution in [0.2, 0.25) is 0 Å². The smallest absolute Gasteiger partial charge is 0.222 e. The Morgan fingerprint density at radius 3 is 2.70 bits per heavy atom. The van der Waals surface area contributed by atoms with Gasteiger partial charge in [0.15, 0.2) is 0 Å². The minimum Gasteiger partial charge on any atom is -0.338 e. The molecule has 4 nitrogen and oxygen atoms in total. The summed E-state index contributed by atoms with van der Waals surface area (Å²) in [5.41, 5.74) is 4.01. The molecule has 0 aliphatic carbocycles. The first-order valence-corrected chi connectivity index (χ1v) is 10.1. The van der Waals surface area contributed by atoms with Crippen LogP contribution < -0.4 is 0 Å². The molecule has 1 saturated heterocycles. The van der Waals surface area contributed by atoms with Crippen LogP contribution in [-0.2, 0) is 24.3 Å². The fourth-order valence-corrected chi connectivity index (χ4v) is 4.85. The summed E-state index contributed by atoms with van der Waals surface area (Å²) in [6.45, 7) is 6.64. The molecule has 1 spiro atoms. The standard InChI is InChI=1S/C23H29N3O/c1-2-22(27)26-15-20-9-4-3-8-19(20)14-23(18-26)11-7-13-25(17-23)16-21-10-5-6-12-24-21/h3-6,8-10,12H,2,7,11,13-18H2,1H3. The van der Waals surface area contributed by atoms with Crippen LogP contribution in [0.15, 0.2) is 48.7 Å². The van der Waals surface area contributed by atoms with Crippen molar-refractivity contribution in [3.05, 3.63) is 65.5 Å². The Balaban J connectivity index is 1.60. The molecule has 0 N–H and O–H groups in total. The van der Waals surface area contributed by atoms with Crippen LogP contribution in [0, 0.1) is 5.41 Å². The Hall–Kier alpha value is -2.20. The SMILES string of the molecule is CCC(=O)N1Cc2ccccc2CC2(CCCN(Cc3ccccn3)C2)C1. The second-order valence-corrected chi connectivity index (χ2v) is 8.18. The number of hydrogen-bond acceptors (Lipinski definition) is 3. The summed E-state index contributed by atoms with van der Waals surface area (Å²) in [5.74, 6) is 0.271. The van der Waals surface area contributed by atoms with Crippen molar-refractivity contribution in [3.8, 4) is 0 Å². The monoisotopic (exact) mass is 363 g/mol. The predicted octanol–water partition coefficient (Wildman–Crippen LogP) is 3.66. The quantitative estimate of drug-likeness (QED) is 0.835. The van der Waals surface area contributed by atoms with E-state index in [2.05, 4.69) is 51.2 Å². The van der Waals surface area contributed by atoms with Gasteiger partial charge in [0.05, 0.1) is 5.69 Å². The highest BCUT2D eigenvalue weighted by Crippen LogP contribution is 2.38. The number of hydrogen-bond donors (Lipinski definition) is 0. The van der Waals surface area contributed by atoms with Crippen LogP contribution in [0.5, 0.6) is 0 Å². The van der Waals surface area contributed by atoms with Gasteiger partial charge in [-0.15, -0.1) is 0 Å². The largest absolute Gasteiger partial charge is 0.338 e. The van der Waals surface area contributed by atoms with Gasteiger partial charge in [-0.25, -0.2) is 0 Å². The van der Waals surface area contributed by atoms with Gasteiger partial charge in [0.2, 0.25) is 5.91 Å². The maximum atomic E-state index is 12.6. The summed E-state index contributed by atoms with van der Waals surface area (Å²) in [4.78, 5) is 21.8. The second kappa shape index (κ2) is 7.81. The van der Waals surface area contributed by atoms with Crippen molar-refractivity contribution in [2.75, 3.05) is 19.6 Å². The fourth-order valence-electron chi connectivity index (χ4n) is 4.85. The van der Waals surface area contributed by atoms with Crippen molar-refractivity contribution in [1.82, 2.24) is 14.8 Å². The highest BCUT2D eigenvalue weighted by molar-refractivity contribution is 5.76. The van der Waals surface area contributed by atoms with Crippen molar-refractivity contribution in [3.63, 3.8) is 0 Å². The van der Waals surface area contributed by atoms with E-state index in [1.54, 1.807) is 0 Å². The zero-order valence-corrected chi connectivity index (χ0v) is 16.2. The highest BCUT2D eigenvalue weighted by atomic mass is 16.2. The maximum absolute atomic E-state index is 12.6. The predicted molar refractivity (Wildman–Crippen MR) is 107 cm³/mol. The Morgan fingerprint density at radius 1 is 1.11 bits per heavy atom. The van der Waals surface area contributed by atoms with Gasteiger partial charge in [-0.2, -0.15) is 0 Å². The molecule has 0 radical (unpaired) electrons. The van der Waals surface area contributed by atoms with Gasteiger partial charge in [-0.3, -0.25) is 14.7 Å². The molecule has 27 heavy (non-hydrogen) atoms. The third-order valence-corrected chi connectivity index (χ3v) is 6.08. The van der Waals surface area contributed by atoms with Crippen LogP contribution in [0.25, 0.3) is 0 Å². The summed E-state index contributed by atoms with van der Waals surface area (Å²) >= 11 is 0. The van der Waals surface area contributed by atoms with Crippen molar-refractivity contribution in [2.45, 2.75) is 45.7 Å². The Labute approximate surface area is 162 Å². The number of carbonyl (C=O) groups is 1. The van der Waals surface area contributed by atoms with Crippen LogP contribution in [-0.4, -0.2) is 40.3 Å². The number of piperidine rings is 1. The number of benzene rings is 1. The second-order valence-electron chi connectivity index (χ2n) is 8.18. The fraction of sp³-hybridized carbons (Fsp3) is 0.478. The maximum Gasteiger partial charge on any atom is 0.222 e. The molecule has 2 aliphatic heterocycles. The number of likely N-dealkylation sites (tertiary alicyclic amines) is 1. The lowest BCUT2D eigenvalue weighted by Gasteiger charge is -2.44. The highest BCUT2D eigenvalue weighted by Gasteiger charge is 2.40. The molecule has 3 heterocycles. The molecule has 1 unspecified atom stereocenters. The van der Waals surface area contributed by atoms with E-state index in [-0.39, 0.29) is 11.3 Å². The number of rotatable bonds is 3. The van der Waals surface area contributed by atoms with Gasteiger partial charge in [0, 0.05) is 44.2 Å². The molecule has 4 heteroatoms. The summed E-state index contributed by atoms with van der Waals surface area (Å²) in [5, 5.41) is 0. The molecule has 1 atom stereocenters.